The molecule has 2 aromatic heterocycles. The number of fused-ring (bicyclic) bond motifs is 7. The maximum absolute atomic E-state index is 6.56. The molecule has 4 saturated carbocycles. The Kier molecular flexibility index (Phi) is 10.6. The highest BCUT2D eigenvalue weighted by Crippen LogP contribution is 2.62. The molecule has 384 valence electrons. The van der Waals surface area contributed by atoms with Crippen molar-refractivity contribution in [1.82, 2.24) is 4.98 Å². The highest BCUT2D eigenvalue weighted by Gasteiger charge is 2.54. The van der Waals surface area contributed by atoms with Crippen molar-refractivity contribution in [3.63, 3.8) is 0 Å². The number of anilines is 6. The summed E-state index contributed by atoms with van der Waals surface area (Å²) in [7, 11) is 0. The predicted molar refractivity (Wildman–Crippen MR) is 322 cm³/mol. The third-order valence-corrected chi connectivity index (χ3v) is 19.7. The van der Waals surface area contributed by atoms with Gasteiger partial charge in [0.15, 0.2) is 0 Å². The molecule has 75 heavy (non-hydrogen) atoms. The Bertz CT molecular complexity index is 3560. The summed E-state index contributed by atoms with van der Waals surface area (Å²) < 4.78 is 6.56. The second-order valence-electron chi connectivity index (χ2n) is 29.3. The lowest BCUT2D eigenvalue weighted by Crippen LogP contribution is -2.62. The second-order valence-corrected chi connectivity index (χ2v) is 30.3. The molecule has 0 spiro atoms. The first-order chi connectivity index (χ1) is 35.2. The van der Waals surface area contributed by atoms with E-state index in [1.165, 1.54) is 111 Å². The van der Waals surface area contributed by atoms with Crippen LogP contribution in [-0.2, 0) is 32.5 Å². The summed E-state index contributed by atoms with van der Waals surface area (Å²) in [6.45, 7) is 35.1. The molecule has 4 bridgehead atoms. The SMILES string of the molecule is CC(C)(C)c1ccc(N2c3ccc(C(C)(C)C)cc3B3c4nc(-c5ccc6oc7ccc(C(C)(C)C)cc7c6c5)sc4N(c4cc(C(C)(C)C)cc(C(C)(C)C)c4)c4cc(C56CC7CC(CC(C7)C5)C6)cc2c43)cc1. The first kappa shape index (κ1) is 49.0. The van der Waals surface area contributed by atoms with Crippen molar-refractivity contribution in [2.75, 3.05) is 9.80 Å². The number of aromatic nitrogens is 1. The Labute approximate surface area is 452 Å². The lowest BCUT2D eigenvalue weighted by molar-refractivity contribution is -0.00514. The van der Waals surface area contributed by atoms with E-state index in [1.807, 2.05) is 11.3 Å². The summed E-state index contributed by atoms with van der Waals surface area (Å²) in [4.78, 5) is 11.4. The standard InChI is InChI=1S/C69H78BN3OS/c1-64(2,3)44-17-21-50(22-18-44)72-55-23-19-46(66(7,8)9)34-54(55)70-60-56(72)35-49(69-37-40-26-41(38-69)28-42(27-40)39-69)36-57(60)73(51-31-47(67(10,11)12)30-48(32-51)68(13,14)15)63-61(70)71-62(75-63)43-16-24-58-52(29-43)53-33-45(65(4,5)6)20-25-59(53)74-58/h16-25,29-36,40-42H,26-28,37-39H2,1-15H3. The summed E-state index contributed by atoms with van der Waals surface area (Å²) >= 11 is 1.88. The van der Waals surface area contributed by atoms with Crippen LogP contribution in [0.2, 0.25) is 0 Å². The van der Waals surface area contributed by atoms with Gasteiger partial charge in [0.1, 0.15) is 21.2 Å². The quantitative estimate of drug-likeness (QED) is 0.165. The van der Waals surface area contributed by atoms with Gasteiger partial charge in [-0.05, 0) is 206 Å². The Morgan fingerprint density at radius 2 is 1.00 bits per heavy atom. The molecule has 4 heterocycles. The second kappa shape index (κ2) is 16.2. The molecule has 0 saturated heterocycles. The summed E-state index contributed by atoms with van der Waals surface area (Å²) in [5, 5.41) is 4.57. The van der Waals surface area contributed by atoms with E-state index >= 15 is 0 Å². The average Bonchev–Trinajstić information content (AvgIpc) is 3.98. The molecule has 6 aliphatic rings. The molecule has 0 N–H and O–H groups in total. The highest BCUT2D eigenvalue weighted by atomic mass is 32.1. The first-order valence-electron chi connectivity index (χ1n) is 28.4. The van der Waals surface area contributed by atoms with Gasteiger partial charge in [0.05, 0.1) is 5.59 Å². The molecule has 8 aromatic rings. The fourth-order valence-electron chi connectivity index (χ4n) is 14.6. The van der Waals surface area contributed by atoms with Crippen LogP contribution < -0.4 is 26.3 Å². The fourth-order valence-corrected chi connectivity index (χ4v) is 15.8. The molecule has 0 unspecified atom stereocenters. The van der Waals surface area contributed by atoms with E-state index < -0.39 is 0 Å². The summed E-state index contributed by atoms with van der Waals surface area (Å²) in [6, 6.07) is 43.5. The minimum atomic E-state index is -0.0835. The minimum Gasteiger partial charge on any atom is -0.456 e. The number of furan rings is 1. The van der Waals surface area contributed by atoms with E-state index in [0.717, 1.165) is 55.9 Å². The number of hydrogen-bond acceptors (Lipinski definition) is 5. The highest BCUT2D eigenvalue weighted by molar-refractivity contribution is 7.22. The summed E-state index contributed by atoms with van der Waals surface area (Å²) in [5.41, 5.74) is 21.5. The largest absolute Gasteiger partial charge is 0.456 e. The van der Waals surface area contributed by atoms with Crippen molar-refractivity contribution in [3.8, 4) is 10.6 Å². The van der Waals surface area contributed by atoms with E-state index in [-0.39, 0.29) is 39.2 Å². The zero-order chi connectivity index (χ0) is 52.7. The molecule has 0 radical (unpaired) electrons. The Morgan fingerprint density at radius 3 is 1.57 bits per heavy atom. The molecule has 2 aliphatic heterocycles. The van der Waals surface area contributed by atoms with Crippen LogP contribution >= 0.6 is 11.3 Å². The molecule has 4 nitrogen and oxygen atoms in total. The van der Waals surface area contributed by atoms with Crippen LogP contribution in [0.3, 0.4) is 0 Å². The third-order valence-electron chi connectivity index (χ3n) is 18.6. The third kappa shape index (κ3) is 7.98. The van der Waals surface area contributed by atoms with Crippen LogP contribution in [0.1, 0.15) is 176 Å². The van der Waals surface area contributed by atoms with E-state index in [9.17, 15) is 0 Å². The van der Waals surface area contributed by atoms with E-state index in [2.05, 4.69) is 223 Å². The number of thiazole rings is 1. The maximum Gasteiger partial charge on any atom is 0.276 e. The molecular formula is C69H78BN3OS. The summed E-state index contributed by atoms with van der Waals surface area (Å²) in [5.74, 6) is 2.47. The van der Waals surface area contributed by atoms with Crippen molar-refractivity contribution in [3.05, 3.63) is 143 Å². The number of rotatable bonds is 4. The van der Waals surface area contributed by atoms with Gasteiger partial charge >= 0.3 is 0 Å². The fraction of sp³-hybridized carbons (Fsp3) is 0.435. The predicted octanol–water partition coefficient (Wildman–Crippen LogP) is 17.7. The molecule has 6 heteroatoms. The first-order valence-corrected chi connectivity index (χ1v) is 29.2. The molecule has 0 atom stereocenters. The van der Waals surface area contributed by atoms with Gasteiger partial charge in [-0.1, -0.05) is 152 Å². The monoisotopic (exact) mass is 1010 g/mol. The summed E-state index contributed by atoms with van der Waals surface area (Å²) in [6.07, 6.45) is 8.17. The molecule has 4 fully saturated rings. The van der Waals surface area contributed by atoms with Crippen molar-refractivity contribution in [2.24, 2.45) is 17.8 Å². The van der Waals surface area contributed by atoms with Crippen LogP contribution in [0.4, 0.5) is 33.4 Å². The molecule has 0 amide bonds. The van der Waals surface area contributed by atoms with Crippen LogP contribution in [0, 0.1) is 17.8 Å². The topological polar surface area (TPSA) is 32.5 Å². The van der Waals surface area contributed by atoms with Crippen LogP contribution in [0.15, 0.2) is 114 Å². The zero-order valence-corrected chi connectivity index (χ0v) is 48.4. The van der Waals surface area contributed by atoms with Crippen LogP contribution in [-0.4, -0.2) is 11.7 Å². The Balaban J connectivity index is 1.13. The lowest BCUT2D eigenvalue weighted by Gasteiger charge is -2.57. The van der Waals surface area contributed by atoms with Gasteiger partial charge in [0.2, 0.25) is 0 Å². The smallest absolute Gasteiger partial charge is 0.276 e. The van der Waals surface area contributed by atoms with Gasteiger partial charge in [-0.25, -0.2) is 4.98 Å². The zero-order valence-electron chi connectivity index (χ0n) is 47.6. The number of hydrogen-bond donors (Lipinski definition) is 0. The number of benzene rings is 6. The van der Waals surface area contributed by atoms with Crippen molar-refractivity contribution < 1.29 is 4.42 Å². The number of nitrogens with zero attached hydrogens (tertiary/aromatic N) is 3. The van der Waals surface area contributed by atoms with Gasteiger partial charge in [0, 0.05) is 44.8 Å². The molecule has 6 aromatic carbocycles. The van der Waals surface area contributed by atoms with Crippen LogP contribution in [0.5, 0.6) is 0 Å². The minimum absolute atomic E-state index is 0.0162. The van der Waals surface area contributed by atoms with Crippen LogP contribution in [0.25, 0.3) is 32.5 Å². The molecule has 4 aliphatic carbocycles. The van der Waals surface area contributed by atoms with Gasteiger partial charge < -0.3 is 14.2 Å². The van der Waals surface area contributed by atoms with Gasteiger partial charge in [-0.15, -0.1) is 0 Å². The van der Waals surface area contributed by atoms with Crippen molar-refractivity contribution in [1.29, 1.82) is 0 Å². The van der Waals surface area contributed by atoms with E-state index in [4.69, 9.17) is 9.40 Å². The van der Waals surface area contributed by atoms with E-state index in [0.29, 0.717) is 0 Å². The molecule has 14 rings (SSSR count). The maximum atomic E-state index is 6.56. The average molecular weight is 1010 g/mol. The Hall–Kier alpha value is -5.59. The van der Waals surface area contributed by atoms with Gasteiger partial charge in [-0.3, -0.25) is 0 Å². The Morgan fingerprint density at radius 1 is 0.493 bits per heavy atom. The van der Waals surface area contributed by atoms with Gasteiger partial charge in [0.25, 0.3) is 6.71 Å². The van der Waals surface area contributed by atoms with Gasteiger partial charge in [-0.2, -0.15) is 0 Å². The normalized spacial score (nSPS) is 21.3. The lowest BCUT2D eigenvalue weighted by atomic mass is 9.35. The van der Waals surface area contributed by atoms with E-state index in [1.54, 1.807) is 5.56 Å². The van der Waals surface area contributed by atoms with Crippen molar-refractivity contribution in [2.45, 2.75) is 175 Å². The van der Waals surface area contributed by atoms with Crippen molar-refractivity contribution >= 4 is 89.9 Å². The molecular weight excluding hydrogens is 930 g/mol.